The molecule has 0 unspecified atom stereocenters. The van der Waals surface area contributed by atoms with Crippen molar-refractivity contribution in [1.29, 1.82) is 0 Å². The van der Waals surface area contributed by atoms with Gasteiger partial charge < -0.3 is 4.90 Å². The van der Waals surface area contributed by atoms with E-state index >= 15 is 0 Å². The zero-order chi connectivity index (χ0) is 15.7. The first-order valence-electron chi connectivity index (χ1n) is 6.58. The Kier molecular flexibility index (Phi) is 8.26. The fraction of sp³-hybridized carbons (Fsp3) is 0.538. The Morgan fingerprint density at radius 3 is 2.90 bits per heavy atom. The second kappa shape index (κ2) is 9.70. The predicted octanol–water partition coefficient (Wildman–Crippen LogP) is 2.60. The minimum atomic E-state index is -0.343. The van der Waals surface area contributed by atoms with Crippen molar-refractivity contribution < 1.29 is 4.92 Å². The van der Waals surface area contributed by atoms with E-state index < -0.39 is 0 Å². The van der Waals surface area contributed by atoms with Crippen LogP contribution in [0, 0.1) is 10.1 Å². The van der Waals surface area contributed by atoms with Gasteiger partial charge in [0, 0.05) is 24.2 Å². The van der Waals surface area contributed by atoms with Gasteiger partial charge in [-0.15, -0.1) is 11.8 Å². The average molecular weight is 331 g/mol. The van der Waals surface area contributed by atoms with Crippen LogP contribution in [-0.4, -0.2) is 52.3 Å². The summed E-state index contributed by atoms with van der Waals surface area (Å²) in [5, 5.41) is 11.6. The number of rotatable bonds is 8. The molecule has 1 aromatic heterocycles. The van der Waals surface area contributed by atoms with E-state index in [0.29, 0.717) is 16.7 Å². The molecular weight excluding hydrogens is 312 g/mol. The third kappa shape index (κ3) is 7.99. The van der Waals surface area contributed by atoms with Gasteiger partial charge in [0.15, 0.2) is 0 Å². The van der Waals surface area contributed by atoms with Crippen molar-refractivity contribution >= 4 is 28.4 Å². The Morgan fingerprint density at radius 1 is 1.57 bits per heavy atom. The highest BCUT2D eigenvalue weighted by molar-refractivity contribution is 8.14. The highest BCUT2D eigenvalue weighted by atomic mass is 35.5. The highest BCUT2D eigenvalue weighted by Gasteiger charge is 2.07. The number of hydrogen-bond donors (Lipinski definition) is 0. The molecule has 0 radical (unpaired) electrons. The standard InChI is InChI=1S/C13H19ClN4O2S/c1-3-21-13(10-18(19)20)15-6-7-17(2)9-11-4-5-12(14)16-8-11/h4-5,8H,3,6-7,9-10H2,1-2H3. The molecule has 1 rings (SSSR count). The Morgan fingerprint density at radius 2 is 2.33 bits per heavy atom. The Labute approximate surface area is 133 Å². The second-order valence-electron chi connectivity index (χ2n) is 4.43. The number of nitrogens with zero attached hydrogens (tertiary/aromatic N) is 4. The molecule has 8 heteroatoms. The molecule has 0 aliphatic rings. The van der Waals surface area contributed by atoms with E-state index in [-0.39, 0.29) is 11.5 Å². The predicted molar refractivity (Wildman–Crippen MR) is 87.9 cm³/mol. The summed E-state index contributed by atoms with van der Waals surface area (Å²) in [4.78, 5) is 20.6. The summed E-state index contributed by atoms with van der Waals surface area (Å²) >= 11 is 7.17. The summed E-state index contributed by atoms with van der Waals surface area (Å²) in [5.41, 5.74) is 1.07. The van der Waals surface area contributed by atoms with Crippen LogP contribution in [0.15, 0.2) is 23.3 Å². The summed E-state index contributed by atoms with van der Waals surface area (Å²) in [5.74, 6) is 0.791. The van der Waals surface area contributed by atoms with Gasteiger partial charge in [-0.05, 0) is 24.4 Å². The van der Waals surface area contributed by atoms with E-state index in [1.165, 1.54) is 11.8 Å². The van der Waals surface area contributed by atoms with Crippen LogP contribution in [0.2, 0.25) is 5.15 Å². The SMILES string of the molecule is CCSC(C[N+](=O)[O-])=NCCN(C)Cc1ccc(Cl)nc1. The molecule has 0 bridgehead atoms. The minimum Gasteiger partial charge on any atom is -0.300 e. The summed E-state index contributed by atoms with van der Waals surface area (Å²) in [7, 11) is 1.98. The molecule has 0 amide bonds. The van der Waals surface area contributed by atoms with Gasteiger partial charge in [0.25, 0.3) is 6.54 Å². The van der Waals surface area contributed by atoms with Crippen LogP contribution in [0.25, 0.3) is 0 Å². The fourth-order valence-electron chi connectivity index (χ4n) is 1.65. The van der Waals surface area contributed by atoms with Crippen molar-refractivity contribution in [3.8, 4) is 0 Å². The van der Waals surface area contributed by atoms with Crippen LogP contribution in [0.4, 0.5) is 0 Å². The van der Waals surface area contributed by atoms with Gasteiger partial charge >= 0.3 is 0 Å². The third-order valence-electron chi connectivity index (χ3n) is 2.59. The van der Waals surface area contributed by atoms with E-state index in [9.17, 15) is 10.1 Å². The fourth-order valence-corrected chi connectivity index (χ4v) is 2.48. The summed E-state index contributed by atoms with van der Waals surface area (Å²) in [6.07, 6.45) is 1.74. The smallest absolute Gasteiger partial charge is 0.250 e. The van der Waals surface area contributed by atoms with Gasteiger partial charge in [0.1, 0.15) is 10.2 Å². The van der Waals surface area contributed by atoms with Crippen LogP contribution in [0.5, 0.6) is 0 Å². The summed E-state index contributed by atoms with van der Waals surface area (Å²) < 4.78 is 0. The minimum absolute atomic E-state index is 0.191. The van der Waals surface area contributed by atoms with Gasteiger partial charge in [-0.2, -0.15) is 0 Å². The molecule has 0 N–H and O–H groups in total. The molecule has 1 aromatic rings. The summed E-state index contributed by atoms with van der Waals surface area (Å²) in [6.45, 7) is 3.79. The van der Waals surface area contributed by atoms with Crippen LogP contribution in [0.3, 0.4) is 0 Å². The van der Waals surface area contributed by atoms with Crippen LogP contribution >= 0.6 is 23.4 Å². The number of halogens is 1. The second-order valence-corrected chi connectivity index (χ2v) is 6.15. The van der Waals surface area contributed by atoms with Crippen molar-refractivity contribution in [1.82, 2.24) is 9.88 Å². The molecule has 0 fully saturated rings. The zero-order valence-electron chi connectivity index (χ0n) is 12.2. The Hall–Kier alpha value is -1.18. The van der Waals surface area contributed by atoms with E-state index in [2.05, 4.69) is 14.9 Å². The molecule has 0 aliphatic heterocycles. The van der Waals surface area contributed by atoms with E-state index in [4.69, 9.17) is 11.6 Å². The monoisotopic (exact) mass is 330 g/mol. The number of aromatic nitrogens is 1. The molecule has 116 valence electrons. The first kappa shape index (κ1) is 17.9. The molecule has 0 spiro atoms. The topological polar surface area (TPSA) is 71.6 Å². The van der Waals surface area contributed by atoms with E-state index in [1.54, 1.807) is 12.3 Å². The molecule has 1 heterocycles. The van der Waals surface area contributed by atoms with Crippen molar-refractivity contribution in [3.05, 3.63) is 39.2 Å². The van der Waals surface area contributed by atoms with E-state index in [1.807, 2.05) is 20.0 Å². The lowest BCUT2D eigenvalue weighted by molar-refractivity contribution is -0.462. The summed E-state index contributed by atoms with van der Waals surface area (Å²) in [6, 6.07) is 3.69. The number of nitro groups is 1. The third-order valence-corrected chi connectivity index (χ3v) is 3.69. The Bertz CT molecular complexity index is 482. The lowest BCUT2D eigenvalue weighted by atomic mass is 10.3. The van der Waals surface area contributed by atoms with Gasteiger partial charge in [0.05, 0.1) is 6.54 Å². The van der Waals surface area contributed by atoms with Gasteiger partial charge in [-0.1, -0.05) is 24.6 Å². The number of likely N-dealkylation sites (N-methyl/N-ethyl adjacent to an activating group) is 1. The number of pyridine rings is 1. The first-order valence-corrected chi connectivity index (χ1v) is 7.94. The van der Waals surface area contributed by atoms with Crippen molar-refractivity contribution in [2.75, 3.05) is 32.4 Å². The quantitative estimate of drug-likeness (QED) is 0.241. The van der Waals surface area contributed by atoms with Gasteiger partial charge in [-0.25, -0.2) is 4.98 Å². The Balaban J connectivity index is 2.41. The molecule has 0 atom stereocenters. The van der Waals surface area contributed by atoms with Crippen molar-refractivity contribution in [2.24, 2.45) is 4.99 Å². The molecule has 0 aliphatic carbocycles. The van der Waals surface area contributed by atoms with Gasteiger partial charge in [0.2, 0.25) is 0 Å². The maximum atomic E-state index is 10.5. The molecule has 0 saturated heterocycles. The van der Waals surface area contributed by atoms with Gasteiger partial charge in [-0.3, -0.25) is 15.1 Å². The number of hydrogen-bond acceptors (Lipinski definition) is 6. The average Bonchev–Trinajstić information content (AvgIpc) is 2.41. The number of thioether (sulfide) groups is 1. The normalized spacial score (nSPS) is 11.9. The van der Waals surface area contributed by atoms with Crippen molar-refractivity contribution in [3.63, 3.8) is 0 Å². The van der Waals surface area contributed by atoms with Crippen LogP contribution in [0.1, 0.15) is 12.5 Å². The van der Waals surface area contributed by atoms with Crippen molar-refractivity contribution in [2.45, 2.75) is 13.5 Å². The molecule has 0 aromatic carbocycles. The zero-order valence-corrected chi connectivity index (χ0v) is 13.7. The molecular formula is C13H19ClN4O2S. The lowest BCUT2D eigenvalue weighted by Crippen LogP contribution is -2.22. The molecule has 6 nitrogen and oxygen atoms in total. The highest BCUT2D eigenvalue weighted by Crippen LogP contribution is 2.07. The molecule has 21 heavy (non-hydrogen) atoms. The first-order chi connectivity index (χ1) is 10.0. The maximum absolute atomic E-state index is 10.5. The number of aliphatic imine (C=N–C) groups is 1. The van der Waals surface area contributed by atoms with E-state index in [0.717, 1.165) is 24.4 Å². The lowest BCUT2D eigenvalue weighted by Gasteiger charge is -2.15. The maximum Gasteiger partial charge on any atom is 0.250 e. The largest absolute Gasteiger partial charge is 0.300 e. The molecule has 0 saturated carbocycles. The van der Waals surface area contributed by atoms with Crippen LogP contribution < -0.4 is 0 Å². The van der Waals surface area contributed by atoms with Crippen LogP contribution in [-0.2, 0) is 6.54 Å².